The number of alkyl halides is 3. The molecule has 1 amide bonds. The molecule has 1 aromatic carbocycles. The Bertz CT molecular complexity index is 963. The molecule has 0 aliphatic carbocycles. The molecule has 2 aromatic rings. The minimum absolute atomic E-state index is 0.00218. The second-order valence-corrected chi connectivity index (χ2v) is 6.51. The maximum Gasteiger partial charge on any atom is 0.490 e. The van der Waals surface area contributed by atoms with E-state index in [4.69, 9.17) is 24.9 Å². The van der Waals surface area contributed by atoms with Gasteiger partial charge in [-0.2, -0.15) is 13.2 Å². The lowest BCUT2D eigenvalue weighted by Gasteiger charge is -2.10. The minimum atomic E-state index is -5.08. The number of carbonyl (C=O) groups is 4. The average Bonchev–Trinajstić information content (AvgIpc) is 3.16. The minimum Gasteiger partial charge on any atom is -0.497 e. The highest BCUT2D eigenvalue weighted by molar-refractivity contribution is 7.14. The number of amides is 1. The molecule has 11 nitrogen and oxygen atoms in total. The van der Waals surface area contributed by atoms with Crippen LogP contribution in [0.4, 0.5) is 24.0 Å². The van der Waals surface area contributed by atoms with Crippen molar-refractivity contribution in [1.82, 2.24) is 10.3 Å². The molecule has 0 fully saturated rings. The molecular formula is C17H16F3N3O8S. The van der Waals surface area contributed by atoms with Crippen molar-refractivity contribution >= 4 is 46.0 Å². The smallest absolute Gasteiger partial charge is 0.490 e. The van der Waals surface area contributed by atoms with E-state index in [1.54, 1.807) is 31.4 Å². The fourth-order valence-electron chi connectivity index (χ4n) is 1.84. The predicted molar refractivity (Wildman–Crippen MR) is 103 cm³/mol. The number of carboxylic acids is 3. The van der Waals surface area contributed by atoms with Gasteiger partial charge in [0.25, 0.3) is 5.91 Å². The van der Waals surface area contributed by atoms with Gasteiger partial charge in [0.15, 0.2) is 5.13 Å². The largest absolute Gasteiger partial charge is 0.497 e. The highest BCUT2D eigenvalue weighted by Crippen LogP contribution is 2.23. The van der Waals surface area contributed by atoms with Crippen LogP contribution in [0.5, 0.6) is 5.75 Å². The molecule has 1 heterocycles. The molecule has 0 aliphatic heterocycles. The number of ether oxygens (including phenoxy) is 1. The van der Waals surface area contributed by atoms with Crippen molar-refractivity contribution < 1.29 is 52.4 Å². The molecule has 1 aromatic heterocycles. The third-order valence-electron chi connectivity index (χ3n) is 3.30. The summed E-state index contributed by atoms with van der Waals surface area (Å²) in [7, 11) is 1.56. The van der Waals surface area contributed by atoms with Crippen LogP contribution in [0.25, 0.3) is 0 Å². The van der Waals surface area contributed by atoms with Crippen molar-refractivity contribution in [3.8, 4) is 5.75 Å². The van der Waals surface area contributed by atoms with Gasteiger partial charge in [0.2, 0.25) is 0 Å². The summed E-state index contributed by atoms with van der Waals surface area (Å²) in [5, 5.41) is 31.8. The van der Waals surface area contributed by atoms with E-state index in [0.717, 1.165) is 17.0 Å². The Morgan fingerprint density at radius 3 is 2.12 bits per heavy atom. The van der Waals surface area contributed by atoms with Gasteiger partial charge in [-0.15, -0.1) is 11.3 Å². The molecule has 0 spiro atoms. The molecule has 2 rings (SSSR count). The van der Waals surface area contributed by atoms with Gasteiger partial charge >= 0.3 is 24.1 Å². The monoisotopic (exact) mass is 479 g/mol. The Morgan fingerprint density at radius 1 is 1.12 bits per heavy atom. The first kappa shape index (κ1) is 26.2. The first-order chi connectivity index (χ1) is 14.8. The van der Waals surface area contributed by atoms with Gasteiger partial charge in [-0.25, -0.2) is 14.6 Å². The topological polar surface area (TPSA) is 175 Å². The number of aliphatic carboxylic acids is 3. The molecule has 0 saturated heterocycles. The molecule has 32 heavy (non-hydrogen) atoms. The van der Waals surface area contributed by atoms with E-state index in [1.165, 1.54) is 5.38 Å². The number of nitrogens with one attached hydrogen (secondary N) is 2. The zero-order chi connectivity index (χ0) is 24.5. The maximum absolute atomic E-state index is 12.0. The number of rotatable bonds is 8. The Kier molecular flexibility index (Phi) is 9.40. The summed E-state index contributed by atoms with van der Waals surface area (Å²) in [5.41, 5.74) is 0.731. The lowest BCUT2D eigenvalue weighted by Crippen LogP contribution is -2.42. The number of carbonyl (C=O) groups excluding carboxylic acids is 1. The molecule has 0 bridgehead atoms. The van der Waals surface area contributed by atoms with Crippen molar-refractivity contribution in [3.63, 3.8) is 0 Å². The number of anilines is 2. The Morgan fingerprint density at radius 2 is 1.69 bits per heavy atom. The highest BCUT2D eigenvalue weighted by Gasteiger charge is 2.38. The molecule has 174 valence electrons. The second-order valence-electron chi connectivity index (χ2n) is 5.66. The normalized spacial score (nSPS) is 11.4. The lowest BCUT2D eigenvalue weighted by atomic mass is 10.2. The fraction of sp³-hybridized carbons (Fsp3) is 0.235. The molecule has 5 N–H and O–H groups in total. The Balaban J connectivity index is 0.000000633. The van der Waals surface area contributed by atoms with E-state index in [-0.39, 0.29) is 5.69 Å². The van der Waals surface area contributed by atoms with Gasteiger partial charge in [-0.1, -0.05) is 0 Å². The number of hydrogen-bond donors (Lipinski definition) is 5. The van der Waals surface area contributed by atoms with Crippen LogP contribution in [0, 0.1) is 0 Å². The van der Waals surface area contributed by atoms with E-state index in [9.17, 15) is 27.6 Å². The van der Waals surface area contributed by atoms with Crippen LogP contribution in [0.15, 0.2) is 29.6 Å². The van der Waals surface area contributed by atoms with Crippen LogP contribution in [-0.2, 0) is 14.4 Å². The van der Waals surface area contributed by atoms with Crippen molar-refractivity contribution in [2.45, 2.75) is 18.6 Å². The quantitative estimate of drug-likeness (QED) is 0.377. The Labute approximate surface area is 181 Å². The van der Waals surface area contributed by atoms with Crippen LogP contribution in [0.1, 0.15) is 16.9 Å². The molecule has 1 unspecified atom stereocenters. The number of hydrogen-bond acceptors (Lipinski definition) is 8. The molecule has 15 heteroatoms. The van der Waals surface area contributed by atoms with Crippen molar-refractivity contribution in [1.29, 1.82) is 0 Å². The zero-order valence-electron chi connectivity index (χ0n) is 16.0. The molecule has 0 radical (unpaired) electrons. The van der Waals surface area contributed by atoms with E-state index in [1.807, 2.05) is 0 Å². The first-order valence-corrected chi connectivity index (χ1v) is 9.13. The standard InChI is InChI=1S/C15H15N3O6S.C2HF3O2/c1-24-9-4-2-8(3-5-9)16-15-18-11(7-25-15)13(21)17-10(14(22)23)6-12(19)20;3-2(4,5)1(6)7/h2-5,7,10H,6H2,1H3,(H,16,18)(H,17,21)(H,19,20)(H,22,23);(H,6,7). The number of carboxylic acid groups (broad SMARTS) is 3. The number of nitrogens with zero attached hydrogens (tertiary/aromatic N) is 1. The predicted octanol–water partition coefficient (Wildman–Crippen LogP) is 2.19. The summed E-state index contributed by atoms with van der Waals surface area (Å²) in [5.74, 6) is -5.57. The number of aromatic nitrogens is 1. The van der Waals surface area contributed by atoms with E-state index >= 15 is 0 Å². The van der Waals surface area contributed by atoms with Crippen LogP contribution < -0.4 is 15.4 Å². The van der Waals surface area contributed by atoms with Gasteiger partial charge in [0.05, 0.1) is 13.5 Å². The van der Waals surface area contributed by atoms with Crippen LogP contribution in [-0.4, -0.2) is 63.4 Å². The van der Waals surface area contributed by atoms with Crippen LogP contribution in [0.3, 0.4) is 0 Å². The summed E-state index contributed by atoms with van der Waals surface area (Å²) in [6.07, 6.45) is -5.80. The average molecular weight is 479 g/mol. The van der Waals surface area contributed by atoms with Crippen molar-refractivity contribution in [2.24, 2.45) is 0 Å². The molecule has 0 aliphatic rings. The van der Waals surface area contributed by atoms with Crippen LogP contribution >= 0.6 is 11.3 Å². The number of methoxy groups -OCH3 is 1. The SMILES string of the molecule is COc1ccc(Nc2nc(C(=O)NC(CC(=O)O)C(=O)O)cs2)cc1.O=C(O)C(F)(F)F. The summed E-state index contributed by atoms with van der Waals surface area (Å²) in [4.78, 5) is 46.6. The van der Waals surface area contributed by atoms with Crippen LogP contribution in [0.2, 0.25) is 0 Å². The Hall–Kier alpha value is -3.88. The van der Waals surface area contributed by atoms with Crippen molar-refractivity contribution in [3.05, 3.63) is 35.3 Å². The fourth-order valence-corrected chi connectivity index (χ4v) is 2.55. The van der Waals surface area contributed by atoms with Crippen molar-refractivity contribution in [2.75, 3.05) is 12.4 Å². The van der Waals surface area contributed by atoms with E-state index < -0.39 is 42.5 Å². The van der Waals surface area contributed by atoms with E-state index in [2.05, 4.69) is 15.6 Å². The summed E-state index contributed by atoms with van der Waals surface area (Å²) >= 11 is 1.15. The van der Waals surface area contributed by atoms with Gasteiger partial charge in [-0.05, 0) is 24.3 Å². The van der Waals surface area contributed by atoms with Gasteiger partial charge < -0.3 is 30.7 Å². The number of benzene rings is 1. The van der Waals surface area contributed by atoms with E-state index in [0.29, 0.717) is 10.9 Å². The molecular weight excluding hydrogens is 463 g/mol. The third-order valence-corrected chi connectivity index (χ3v) is 4.06. The molecule has 1 atom stereocenters. The summed E-state index contributed by atoms with van der Waals surface area (Å²) in [6.45, 7) is 0. The highest BCUT2D eigenvalue weighted by atomic mass is 32.1. The lowest BCUT2D eigenvalue weighted by molar-refractivity contribution is -0.192. The van der Waals surface area contributed by atoms with Gasteiger partial charge in [0, 0.05) is 11.1 Å². The second kappa shape index (κ2) is 11.5. The number of halogens is 3. The number of thiazole rings is 1. The summed E-state index contributed by atoms with van der Waals surface area (Å²) < 4.78 is 36.8. The summed E-state index contributed by atoms with van der Waals surface area (Å²) in [6, 6.07) is 5.53. The first-order valence-electron chi connectivity index (χ1n) is 8.25. The maximum atomic E-state index is 12.0. The van der Waals surface area contributed by atoms with Gasteiger partial charge in [0.1, 0.15) is 17.5 Å². The zero-order valence-corrected chi connectivity index (χ0v) is 16.9. The van der Waals surface area contributed by atoms with Gasteiger partial charge in [-0.3, -0.25) is 9.59 Å². The molecule has 0 saturated carbocycles. The third kappa shape index (κ3) is 8.86.